The molecule has 0 unspecified atom stereocenters. The number of ether oxygens (including phenoxy) is 1. The number of rotatable bonds is 4. The van der Waals surface area contributed by atoms with Gasteiger partial charge in [0.1, 0.15) is 17.3 Å². The number of alkyl halides is 2. The molecule has 1 N–H and O–H groups in total. The second-order valence-electron chi connectivity index (χ2n) is 9.03. The summed E-state index contributed by atoms with van der Waals surface area (Å²) in [4.78, 5) is 35.2. The molecule has 1 aliphatic heterocycles. The average Bonchev–Trinajstić information content (AvgIpc) is 3.41. The molecule has 3 amide bonds. The first kappa shape index (κ1) is 22.9. The zero-order chi connectivity index (χ0) is 24.6. The number of hydrogen-bond donors (Lipinski definition) is 1. The molecule has 0 atom stereocenters. The van der Waals surface area contributed by atoms with E-state index in [4.69, 9.17) is 4.74 Å². The Kier molecular flexibility index (Phi) is 5.70. The van der Waals surface area contributed by atoms with Gasteiger partial charge in [-0.2, -0.15) is 5.10 Å². The summed E-state index contributed by atoms with van der Waals surface area (Å²) in [7, 11) is 1.82. The van der Waals surface area contributed by atoms with Gasteiger partial charge in [-0.1, -0.05) is 0 Å². The van der Waals surface area contributed by atoms with E-state index in [-0.39, 0.29) is 44.0 Å². The van der Waals surface area contributed by atoms with Crippen LogP contribution in [0.4, 0.5) is 19.4 Å². The minimum Gasteiger partial charge on any atom is -0.456 e. The van der Waals surface area contributed by atoms with Crippen molar-refractivity contribution in [3.63, 3.8) is 0 Å². The lowest BCUT2D eigenvalue weighted by molar-refractivity contribution is -0.140. The lowest BCUT2D eigenvalue weighted by Crippen LogP contribution is -2.43. The lowest BCUT2D eigenvalue weighted by Gasteiger charge is -2.35. The monoisotopic (exact) mass is 482 g/mol. The molecule has 0 aromatic carbocycles. The number of nitrogens with one attached hydrogen (secondary N) is 1. The van der Waals surface area contributed by atoms with E-state index in [2.05, 4.69) is 20.4 Å². The molecule has 0 radical (unpaired) electrons. The van der Waals surface area contributed by atoms with Crippen LogP contribution < -0.4 is 10.1 Å². The molecule has 1 saturated heterocycles. The molecular formula is C24H24F2N6O3. The molecule has 5 rings (SSSR count). The summed E-state index contributed by atoms with van der Waals surface area (Å²) in [6.45, 7) is 0.207. The molecule has 35 heavy (non-hydrogen) atoms. The van der Waals surface area contributed by atoms with E-state index in [0.717, 1.165) is 10.5 Å². The minimum absolute atomic E-state index is 0.102. The fourth-order valence-corrected chi connectivity index (χ4v) is 4.59. The summed E-state index contributed by atoms with van der Waals surface area (Å²) in [6.07, 6.45) is 6.61. The van der Waals surface area contributed by atoms with Crippen LogP contribution in [-0.2, 0) is 11.8 Å². The van der Waals surface area contributed by atoms with Crippen LogP contribution in [-0.4, -0.2) is 49.1 Å². The predicted molar refractivity (Wildman–Crippen MR) is 122 cm³/mol. The fraction of sp³-hybridized carbons (Fsp3) is 0.375. The van der Waals surface area contributed by atoms with Gasteiger partial charge >= 0.3 is 6.03 Å². The van der Waals surface area contributed by atoms with Gasteiger partial charge in [-0.25, -0.2) is 18.6 Å². The third-order valence-corrected chi connectivity index (χ3v) is 6.64. The van der Waals surface area contributed by atoms with Crippen molar-refractivity contribution in [3.05, 3.63) is 49.1 Å². The summed E-state index contributed by atoms with van der Waals surface area (Å²) in [5, 5.41) is 6.75. The number of imide groups is 1. The molecule has 2 aliphatic rings. The molecule has 4 heterocycles. The van der Waals surface area contributed by atoms with Crippen molar-refractivity contribution in [2.45, 2.75) is 38.0 Å². The van der Waals surface area contributed by atoms with Crippen molar-refractivity contribution in [3.8, 4) is 22.8 Å². The van der Waals surface area contributed by atoms with Gasteiger partial charge in [-0.15, -0.1) is 0 Å². The third kappa shape index (κ3) is 4.71. The molecule has 0 bridgehead atoms. The zero-order valence-electron chi connectivity index (χ0n) is 19.1. The van der Waals surface area contributed by atoms with Crippen LogP contribution in [0.3, 0.4) is 0 Å². The van der Waals surface area contributed by atoms with E-state index >= 15 is 0 Å². The molecule has 11 heteroatoms. The van der Waals surface area contributed by atoms with E-state index < -0.39 is 17.4 Å². The minimum atomic E-state index is -2.73. The molecule has 1 saturated carbocycles. The summed E-state index contributed by atoms with van der Waals surface area (Å²) in [5.74, 6) is -1.86. The Bertz CT molecular complexity index is 1250. The maximum Gasteiger partial charge on any atom is 0.329 e. The smallest absolute Gasteiger partial charge is 0.329 e. The van der Waals surface area contributed by atoms with Crippen molar-refractivity contribution in [2.24, 2.45) is 12.5 Å². The first-order chi connectivity index (χ1) is 16.7. The number of amides is 3. The topological polar surface area (TPSA) is 102 Å². The number of carbonyl (C=O) groups is 2. The molecule has 9 nitrogen and oxygen atoms in total. The van der Waals surface area contributed by atoms with Crippen molar-refractivity contribution < 1.29 is 23.1 Å². The van der Waals surface area contributed by atoms with Gasteiger partial charge in [0.05, 0.1) is 23.5 Å². The molecule has 182 valence electrons. The first-order valence-electron chi connectivity index (χ1n) is 11.3. The Balaban J connectivity index is 1.20. The van der Waals surface area contributed by atoms with Gasteiger partial charge in [0, 0.05) is 50.5 Å². The highest BCUT2D eigenvalue weighted by Gasteiger charge is 2.53. The van der Waals surface area contributed by atoms with Crippen LogP contribution in [0.25, 0.3) is 11.3 Å². The van der Waals surface area contributed by atoms with E-state index in [0.29, 0.717) is 23.6 Å². The Labute approximate surface area is 200 Å². The summed E-state index contributed by atoms with van der Waals surface area (Å²) >= 11 is 0. The third-order valence-electron chi connectivity index (χ3n) is 6.64. The number of pyridine rings is 2. The molecule has 3 aromatic heterocycles. The average molecular weight is 482 g/mol. The highest BCUT2D eigenvalue weighted by molar-refractivity contribution is 6.04. The van der Waals surface area contributed by atoms with E-state index in [1.54, 1.807) is 41.3 Å². The Morgan fingerprint density at radius 3 is 2.54 bits per heavy atom. The first-order valence-corrected chi connectivity index (χ1v) is 11.3. The molecule has 1 aliphatic carbocycles. The number of carbonyl (C=O) groups excluding carboxylic acids is 2. The van der Waals surface area contributed by atoms with Gasteiger partial charge in [0.25, 0.3) is 0 Å². The van der Waals surface area contributed by atoms with Crippen LogP contribution in [0.15, 0.2) is 49.1 Å². The summed E-state index contributed by atoms with van der Waals surface area (Å²) in [5.41, 5.74) is 0.708. The maximum atomic E-state index is 13.6. The second kappa shape index (κ2) is 8.71. The van der Waals surface area contributed by atoms with Crippen molar-refractivity contribution >= 4 is 17.8 Å². The number of hydrogen-bond acceptors (Lipinski definition) is 6. The molecule has 3 aromatic rings. The molecule has 1 spiro atoms. The number of aromatic nitrogens is 4. The van der Waals surface area contributed by atoms with E-state index in [1.165, 1.54) is 6.20 Å². The van der Waals surface area contributed by atoms with Crippen molar-refractivity contribution in [2.75, 3.05) is 11.9 Å². The number of likely N-dealkylation sites (tertiary alicyclic amines) is 1. The van der Waals surface area contributed by atoms with Crippen molar-refractivity contribution in [1.29, 1.82) is 0 Å². The van der Waals surface area contributed by atoms with Gasteiger partial charge in [-0.05, 0) is 37.5 Å². The number of aryl methyl sites for hydroxylation is 1. The highest BCUT2D eigenvalue weighted by Crippen LogP contribution is 2.49. The summed E-state index contributed by atoms with van der Waals surface area (Å²) in [6, 6.07) is 6.09. The highest BCUT2D eigenvalue weighted by atomic mass is 19.3. The van der Waals surface area contributed by atoms with E-state index in [1.807, 2.05) is 13.2 Å². The van der Waals surface area contributed by atoms with Gasteiger partial charge in [-0.3, -0.25) is 24.7 Å². The Hall–Kier alpha value is -3.89. The fourth-order valence-electron chi connectivity index (χ4n) is 4.59. The van der Waals surface area contributed by atoms with Crippen LogP contribution in [0, 0.1) is 5.41 Å². The number of halogens is 2. The Morgan fingerprint density at radius 2 is 1.86 bits per heavy atom. The van der Waals surface area contributed by atoms with Gasteiger partial charge < -0.3 is 4.74 Å². The quantitative estimate of drug-likeness (QED) is 0.582. The van der Waals surface area contributed by atoms with Crippen molar-refractivity contribution in [1.82, 2.24) is 24.6 Å². The van der Waals surface area contributed by atoms with Crippen LogP contribution in [0.1, 0.15) is 32.1 Å². The number of anilines is 1. The van der Waals surface area contributed by atoms with Gasteiger partial charge in [0.15, 0.2) is 0 Å². The van der Waals surface area contributed by atoms with Crippen LogP contribution in [0.5, 0.6) is 11.5 Å². The van der Waals surface area contributed by atoms with Crippen LogP contribution in [0.2, 0.25) is 0 Å². The normalized spacial score (nSPS) is 18.6. The predicted octanol–water partition coefficient (Wildman–Crippen LogP) is 4.63. The molecular weight excluding hydrogens is 458 g/mol. The summed E-state index contributed by atoms with van der Waals surface area (Å²) < 4.78 is 34.6. The SMILES string of the molecule is Cn1cc(-c2cc(Oc3ccc(NC(=O)N4CCC5(CCC(F)(F)CC5)C4=O)nc3)ccn2)cn1. The zero-order valence-corrected chi connectivity index (χ0v) is 19.1. The van der Waals surface area contributed by atoms with Gasteiger partial charge in [0.2, 0.25) is 11.8 Å². The largest absolute Gasteiger partial charge is 0.456 e. The standard InChI is InChI=1S/C24H24F2N6O3/c1-31-15-16(13-29-31)19-12-17(4-10-27-19)35-18-2-3-20(28-14-18)30-22(34)32-11-9-23(21(32)33)5-7-24(25,26)8-6-23/h2-4,10,12-15H,5-9,11H2,1H3,(H,28,30,34). The number of nitrogens with zero attached hydrogens (tertiary/aromatic N) is 5. The van der Waals surface area contributed by atoms with Crippen LogP contribution >= 0.6 is 0 Å². The molecule has 2 fully saturated rings. The second-order valence-corrected chi connectivity index (χ2v) is 9.03. The number of urea groups is 1. The maximum absolute atomic E-state index is 13.6. The Morgan fingerprint density at radius 1 is 1.06 bits per heavy atom. The lowest BCUT2D eigenvalue weighted by atomic mass is 9.72. The van der Waals surface area contributed by atoms with E-state index in [9.17, 15) is 18.4 Å².